The maximum Gasteiger partial charge on any atom is 0.329 e. The average molecular weight is 678 g/mol. The zero-order valence-electron chi connectivity index (χ0n) is 28.6. The van der Waals surface area contributed by atoms with Gasteiger partial charge in [-0.1, -0.05) is 12.1 Å². The molecule has 0 radical (unpaired) electrons. The van der Waals surface area contributed by atoms with Gasteiger partial charge in [-0.05, 0) is 75.5 Å². The number of hydrogen-bond acceptors (Lipinski definition) is 10. The number of imide groups is 1. The lowest BCUT2D eigenvalue weighted by Gasteiger charge is -2.35. The van der Waals surface area contributed by atoms with Gasteiger partial charge in [0.05, 0.1) is 28.6 Å². The summed E-state index contributed by atoms with van der Waals surface area (Å²) >= 11 is 0. The van der Waals surface area contributed by atoms with Crippen molar-refractivity contribution in [2.45, 2.75) is 51.1 Å². The Kier molecular flexibility index (Phi) is 8.47. The van der Waals surface area contributed by atoms with Crippen molar-refractivity contribution >= 4 is 45.8 Å². The van der Waals surface area contributed by atoms with Crippen molar-refractivity contribution in [3.8, 4) is 11.4 Å². The fraction of sp³-hybridized carbons (Fsp3) is 0.444. The number of aryl methyl sites for hydroxylation is 1. The van der Waals surface area contributed by atoms with Crippen LogP contribution in [0.3, 0.4) is 0 Å². The van der Waals surface area contributed by atoms with Gasteiger partial charge in [0.25, 0.3) is 0 Å². The maximum atomic E-state index is 13.2. The molecule has 7 heterocycles. The molecule has 2 amide bonds. The normalized spacial score (nSPS) is 20.3. The van der Waals surface area contributed by atoms with Crippen molar-refractivity contribution in [3.05, 3.63) is 65.2 Å². The largest absolute Gasteiger partial charge is 0.383 e. The molecule has 8 rings (SSSR count). The van der Waals surface area contributed by atoms with Crippen LogP contribution in [0.2, 0.25) is 0 Å². The number of hydrogen-bond donors (Lipinski definition) is 2. The Hall–Kier alpha value is -5.24. The fourth-order valence-corrected chi connectivity index (χ4v) is 7.74. The minimum absolute atomic E-state index is 0.217. The number of nitrogens with one attached hydrogen (secondary N) is 2. The number of amides is 2. The molecular weight excluding hydrogens is 634 g/mol. The Morgan fingerprint density at radius 1 is 0.940 bits per heavy atom. The Morgan fingerprint density at radius 3 is 2.58 bits per heavy atom. The maximum absolute atomic E-state index is 13.2. The van der Waals surface area contributed by atoms with Gasteiger partial charge in [-0.3, -0.25) is 28.9 Å². The molecule has 5 aromatic rings. The van der Waals surface area contributed by atoms with E-state index in [1.807, 2.05) is 41.0 Å². The molecule has 260 valence electrons. The summed E-state index contributed by atoms with van der Waals surface area (Å²) < 4.78 is 5.03. The highest BCUT2D eigenvalue weighted by molar-refractivity contribution is 6.00. The molecule has 3 aliphatic rings. The summed E-state index contributed by atoms with van der Waals surface area (Å²) in [5, 5.41) is 10.9. The number of piperidine rings is 1. The fourth-order valence-electron chi connectivity index (χ4n) is 7.74. The molecule has 1 aromatic carbocycles. The number of rotatable bonds is 9. The lowest BCUT2D eigenvalue weighted by atomic mass is 10.1. The highest BCUT2D eigenvalue weighted by Gasteiger charge is 2.32. The number of pyridine rings is 1. The number of carbonyl (C=O) groups excluding carboxylic acids is 2. The number of fused-ring (bicyclic) bond motifs is 2. The summed E-state index contributed by atoms with van der Waals surface area (Å²) in [6, 6.07) is 15.8. The summed E-state index contributed by atoms with van der Waals surface area (Å²) in [6.45, 7) is 8.65. The van der Waals surface area contributed by atoms with Gasteiger partial charge in [0.2, 0.25) is 11.8 Å². The van der Waals surface area contributed by atoms with E-state index in [1.54, 1.807) is 11.6 Å². The smallest absolute Gasteiger partial charge is 0.329 e. The first-order valence-corrected chi connectivity index (χ1v) is 17.7. The zero-order valence-corrected chi connectivity index (χ0v) is 28.6. The van der Waals surface area contributed by atoms with Crippen LogP contribution in [0.15, 0.2) is 59.5 Å². The van der Waals surface area contributed by atoms with Gasteiger partial charge < -0.3 is 15.1 Å². The van der Waals surface area contributed by atoms with Crippen LogP contribution in [-0.2, 0) is 16.6 Å². The van der Waals surface area contributed by atoms with E-state index in [0.29, 0.717) is 18.0 Å². The predicted octanol–water partition coefficient (Wildman–Crippen LogP) is 3.04. The first kappa shape index (κ1) is 32.0. The number of benzene rings is 1. The molecule has 14 nitrogen and oxygen atoms in total. The third kappa shape index (κ3) is 5.86. The molecule has 3 fully saturated rings. The third-order valence-corrected chi connectivity index (χ3v) is 10.5. The van der Waals surface area contributed by atoms with Crippen LogP contribution in [0.25, 0.3) is 28.1 Å². The summed E-state index contributed by atoms with van der Waals surface area (Å²) in [5.41, 5.74) is 4.60. The molecule has 2 atom stereocenters. The topological polar surface area (TPSA) is 138 Å². The number of para-hydroxylation sites is 1. The predicted molar refractivity (Wildman–Crippen MR) is 193 cm³/mol. The van der Waals surface area contributed by atoms with Crippen molar-refractivity contribution in [2.24, 2.45) is 7.05 Å². The summed E-state index contributed by atoms with van der Waals surface area (Å²) in [4.78, 5) is 54.4. The van der Waals surface area contributed by atoms with Gasteiger partial charge in [-0.2, -0.15) is 0 Å². The van der Waals surface area contributed by atoms with E-state index in [0.717, 1.165) is 92.1 Å². The Labute approximate surface area is 289 Å². The van der Waals surface area contributed by atoms with E-state index < -0.39 is 11.9 Å². The number of carbonyl (C=O) groups is 2. The minimum atomic E-state index is -0.699. The second kappa shape index (κ2) is 13.2. The van der Waals surface area contributed by atoms with Crippen LogP contribution in [0, 0.1) is 0 Å². The van der Waals surface area contributed by atoms with E-state index in [1.165, 1.54) is 17.4 Å². The van der Waals surface area contributed by atoms with Crippen LogP contribution in [0.5, 0.6) is 0 Å². The number of imidazole rings is 2. The highest BCUT2D eigenvalue weighted by atomic mass is 16.2. The Morgan fingerprint density at radius 2 is 1.78 bits per heavy atom. The van der Waals surface area contributed by atoms with Gasteiger partial charge in [0.15, 0.2) is 5.65 Å². The zero-order chi connectivity index (χ0) is 34.4. The first-order valence-electron chi connectivity index (χ1n) is 17.7. The van der Waals surface area contributed by atoms with Crippen molar-refractivity contribution < 1.29 is 9.59 Å². The van der Waals surface area contributed by atoms with Crippen LogP contribution >= 0.6 is 0 Å². The summed E-state index contributed by atoms with van der Waals surface area (Å²) in [5.74, 6) is 1.22. The van der Waals surface area contributed by atoms with Crippen LogP contribution in [0.1, 0.15) is 45.1 Å². The second-order valence-corrected chi connectivity index (χ2v) is 13.6. The van der Waals surface area contributed by atoms with E-state index in [4.69, 9.17) is 10.1 Å². The molecule has 0 spiro atoms. The molecule has 4 aromatic heterocycles. The van der Waals surface area contributed by atoms with Gasteiger partial charge in [0, 0.05) is 58.8 Å². The Balaban J connectivity index is 0.877. The molecule has 14 heteroatoms. The lowest BCUT2D eigenvalue weighted by molar-refractivity contribution is -0.135. The van der Waals surface area contributed by atoms with Crippen molar-refractivity contribution in [2.75, 3.05) is 60.9 Å². The molecule has 0 aliphatic carbocycles. The van der Waals surface area contributed by atoms with E-state index >= 15 is 0 Å². The summed E-state index contributed by atoms with van der Waals surface area (Å²) in [7, 11) is 1.72. The third-order valence-electron chi connectivity index (χ3n) is 10.5. The molecule has 3 saturated heterocycles. The van der Waals surface area contributed by atoms with E-state index in [9.17, 15) is 14.4 Å². The Bertz CT molecular complexity index is 2130. The number of nitrogens with zero attached hydrogens (tertiary/aromatic N) is 9. The van der Waals surface area contributed by atoms with Gasteiger partial charge in [0.1, 0.15) is 23.4 Å². The van der Waals surface area contributed by atoms with Gasteiger partial charge in [-0.25, -0.2) is 19.3 Å². The minimum Gasteiger partial charge on any atom is -0.383 e. The van der Waals surface area contributed by atoms with Crippen LogP contribution in [-0.4, -0.2) is 97.3 Å². The number of aromatic nitrogens is 6. The number of piperazine rings is 1. The SMILES string of the molecule is C[C@H]1CCCN1c1ccc2ncc(-c3cccc(N4CCN(CCCNc5cccc6c5n(C)c(=O)n6C5CCC(=O)NC5=O)CC4)n3)n2n1. The molecule has 0 bridgehead atoms. The molecule has 1 unspecified atom stereocenters. The quantitative estimate of drug-likeness (QED) is 0.177. The van der Waals surface area contributed by atoms with Crippen molar-refractivity contribution in [1.82, 2.24) is 38.9 Å². The van der Waals surface area contributed by atoms with Crippen LogP contribution < -0.4 is 26.1 Å². The molecule has 0 saturated carbocycles. The van der Waals surface area contributed by atoms with Crippen LogP contribution in [0.4, 0.5) is 17.3 Å². The van der Waals surface area contributed by atoms with Gasteiger partial charge in [-0.15, -0.1) is 5.10 Å². The average Bonchev–Trinajstić information content (AvgIpc) is 3.83. The van der Waals surface area contributed by atoms with Gasteiger partial charge >= 0.3 is 5.69 Å². The molecule has 2 N–H and O–H groups in total. The highest BCUT2D eigenvalue weighted by Crippen LogP contribution is 2.29. The standard InChI is InChI=1S/C36H43N11O3/c1-24-7-5-18-45(24)32-14-13-30-38-23-29(47(30)41-32)25-8-4-11-31(39-25)44-21-19-43(20-22-44)17-6-16-37-26-9-3-10-27-34(26)42(2)36(50)46(27)28-12-15-33(48)40-35(28)49/h3-4,8-11,13-14,23-24,28,37H,5-7,12,15-22H2,1-2H3,(H,40,48,49)/t24-,28?/m0/s1. The number of anilines is 3. The second-order valence-electron chi connectivity index (χ2n) is 13.6. The molecule has 3 aliphatic heterocycles. The molecule has 50 heavy (non-hydrogen) atoms. The van der Waals surface area contributed by atoms with Crippen molar-refractivity contribution in [3.63, 3.8) is 0 Å². The van der Waals surface area contributed by atoms with Crippen molar-refractivity contribution in [1.29, 1.82) is 0 Å². The lowest BCUT2D eigenvalue weighted by Crippen LogP contribution is -2.47. The first-order chi connectivity index (χ1) is 24.4. The monoisotopic (exact) mass is 677 g/mol. The summed E-state index contributed by atoms with van der Waals surface area (Å²) in [6.07, 6.45) is 5.71. The van der Waals surface area contributed by atoms with E-state index in [-0.39, 0.29) is 18.0 Å². The van der Waals surface area contributed by atoms with E-state index in [2.05, 4.69) is 55.4 Å². The molecular formula is C36H43N11O3.